The third-order valence-electron chi connectivity index (χ3n) is 8.98. The smallest absolute Gasteiger partial charge is 0.408 e. The number of alkyl carbamates (subject to hydrolysis) is 1. The predicted octanol–water partition coefficient (Wildman–Crippen LogP) is 4.96. The summed E-state index contributed by atoms with van der Waals surface area (Å²) in [5, 5.41) is 13.2. The van der Waals surface area contributed by atoms with Gasteiger partial charge in [-0.2, -0.15) is 10.2 Å². The van der Waals surface area contributed by atoms with Crippen LogP contribution in [0.1, 0.15) is 86.1 Å². The third kappa shape index (κ3) is 4.43. The second-order valence-electron chi connectivity index (χ2n) is 12.8. The lowest BCUT2D eigenvalue weighted by atomic mass is 9.57. The number of ether oxygens (including phenoxy) is 1. The topological polar surface area (TPSA) is 90.1 Å². The van der Waals surface area contributed by atoms with E-state index in [1.54, 1.807) is 6.20 Å². The van der Waals surface area contributed by atoms with Crippen LogP contribution in [-0.4, -0.2) is 48.3 Å². The molecule has 0 saturated heterocycles. The summed E-state index contributed by atoms with van der Waals surface area (Å²) in [5.74, 6) is 0. The average molecular weight is 523 g/mol. The molecule has 3 fully saturated rings. The number of hydrogen-bond acceptors (Lipinski definition) is 6. The molecule has 38 heavy (non-hydrogen) atoms. The van der Waals surface area contributed by atoms with Crippen LogP contribution in [0.2, 0.25) is 0 Å². The van der Waals surface area contributed by atoms with E-state index in [1.807, 2.05) is 33.8 Å². The van der Waals surface area contributed by atoms with Crippen molar-refractivity contribution in [2.75, 3.05) is 11.4 Å². The van der Waals surface area contributed by atoms with Crippen molar-refractivity contribution in [2.45, 2.75) is 104 Å². The molecule has 0 unspecified atom stereocenters. The van der Waals surface area contributed by atoms with Crippen molar-refractivity contribution in [3.05, 3.63) is 34.9 Å². The number of nitrogens with one attached hydrogen (secondary N) is 1. The highest BCUT2D eigenvalue weighted by Gasteiger charge is 2.50. The van der Waals surface area contributed by atoms with Crippen LogP contribution in [0, 0.1) is 19.3 Å². The van der Waals surface area contributed by atoms with Crippen molar-refractivity contribution in [1.82, 2.24) is 29.9 Å². The first-order valence-corrected chi connectivity index (χ1v) is 13.8. The zero-order chi connectivity index (χ0) is 29.4. The Hall–Kier alpha value is -3.10. The van der Waals surface area contributed by atoms with Crippen LogP contribution in [0.5, 0.6) is 0 Å². The lowest BCUT2D eigenvalue weighted by Crippen LogP contribution is -2.58. The van der Waals surface area contributed by atoms with Gasteiger partial charge < -0.3 is 15.0 Å². The number of anilines is 1. The number of fused-ring (bicyclic) bond motifs is 5. The van der Waals surface area contributed by atoms with Crippen LogP contribution in [-0.2, 0) is 31.2 Å². The maximum atomic E-state index is 12.5. The molecule has 0 atom stereocenters. The molecule has 2 bridgehead atoms. The standard InChI is InChI=1S/C29H41N7O2/c1-19-15-24(21-16-30-34(6)25(21)31-19)35-14-7-23-22(17-35)20(2)33-36(23)18-28-8-11-29(12-9-28,13-10-28)32-26(37)38-27(3,4)5/h15-16H,7-14,17-18H2,1-6H3,(H,32,37)/i6D3. The monoisotopic (exact) mass is 522 g/mol. The minimum atomic E-state index is -2.38. The number of rotatable bonds is 4. The van der Waals surface area contributed by atoms with E-state index in [-0.39, 0.29) is 17.0 Å². The molecular formula is C29H41N7O2. The minimum absolute atomic E-state index is 0.147. The molecule has 1 amide bonds. The highest BCUT2D eigenvalue weighted by molar-refractivity contribution is 5.89. The second kappa shape index (κ2) is 8.71. The molecule has 7 rings (SSSR count). The Bertz CT molecular complexity index is 1480. The number of nitrogens with zero attached hydrogens (tertiary/aromatic N) is 6. The minimum Gasteiger partial charge on any atom is -0.444 e. The Labute approximate surface area is 229 Å². The third-order valence-corrected chi connectivity index (χ3v) is 8.98. The Morgan fingerprint density at radius 1 is 1.18 bits per heavy atom. The Kier molecular flexibility index (Phi) is 5.00. The van der Waals surface area contributed by atoms with E-state index in [9.17, 15) is 4.79 Å². The van der Waals surface area contributed by atoms with Gasteiger partial charge in [0.25, 0.3) is 0 Å². The fourth-order valence-corrected chi connectivity index (χ4v) is 6.89. The van der Waals surface area contributed by atoms with Gasteiger partial charge in [0.2, 0.25) is 0 Å². The Balaban J connectivity index is 1.18. The Morgan fingerprint density at radius 3 is 2.61 bits per heavy atom. The first-order chi connectivity index (χ1) is 19.2. The van der Waals surface area contributed by atoms with Gasteiger partial charge in [-0.15, -0.1) is 0 Å². The predicted molar refractivity (Wildman–Crippen MR) is 147 cm³/mol. The molecule has 4 heterocycles. The lowest BCUT2D eigenvalue weighted by molar-refractivity contribution is -0.00519. The van der Waals surface area contributed by atoms with Crippen molar-refractivity contribution in [3.63, 3.8) is 0 Å². The number of amides is 1. The number of pyridine rings is 1. The van der Waals surface area contributed by atoms with Crippen molar-refractivity contribution >= 4 is 22.8 Å². The van der Waals surface area contributed by atoms with Gasteiger partial charge in [-0.3, -0.25) is 9.36 Å². The Morgan fingerprint density at radius 2 is 1.92 bits per heavy atom. The van der Waals surface area contributed by atoms with Crippen LogP contribution in [0.3, 0.4) is 0 Å². The maximum absolute atomic E-state index is 12.5. The molecule has 4 aliphatic rings. The van der Waals surface area contributed by atoms with Gasteiger partial charge in [0.05, 0.1) is 23.0 Å². The van der Waals surface area contributed by atoms with Crippen molar-refractivity contribution in [2.24, 2.45) is 12.4 Å². The molecule has 0 spiro atoms. The van der Waals surface area contributed by atoms with Crippen LogP contribution in [0.15, 0.2) is 12.3 Å². The summed E-state index contributed by atoms with van der Waals surface area (Å²) in [7, 11) is 0. The molecule has 3 aliphatic carbocycles. The molecule has 1 aliphatic heterocycles. The van der Waals surface area contributed by atoms with E-state index in [1.165, 1.54) is 11.3 Å². The molecule has 9 heteroatoms. The van der Waals surface area contributed by atoms with Gasteiger partial charge in [0.1, 0.15) is 5.60 Å². The van der Waals surface area contributed by atoms with E-state index < -0.39 is 12.6 Å². The quantitative estimate of drug-likeness (QED) is 0.521. The van der Waals surface area contributed by atoms with Gasteiger partial charge in [-0.1, -0.05) is 0 Å². The number of aromatic nitrogens is 5. The molecular weight excluding hydrogens is 478 g/mol. The zero-order valence-electron chi connectivity index (χ0n) is 26.2. The highest BCUT2D eigenvalue weighted by atomic mass is 16.6. The van der Waals surface area contributed by atoms with Gasteiger partial charge in [-0.25, -0.2) is 9.78 Å². The van der Waals surface area contributed by atoms with Crippen LogP contribution in [0.25, 0.3) is 11.0 Å². The van der Waals surface area contributed by atoms with Gasteiger partial charge in [0.15, 0.2) is 5.65 Å². The molecule has 0 aromatic carbocycles. The summed E-state index contributed by atoms with van der Waals surface area (Å²) in [6.45, 7) is 9.74. The largest absolute Gasteiger partial charge is 0.444 e. The highest BCUT2D eigenvalue weighted by Crippen LogP contribution is 2.53. The summed E-state index contributed by atoms with van der Waals surface area (Å²) >= 11 is 0. The summed E-state index contributed by atoms with van der Waals surface area (Å²) in [6, 6.07) is 2.03. The maximum Gasteiger partial charge on any atom is 0.408 e. The fourth-order valence-electron chi connectivity index (χ4n) is 6.89. The average Bonchev–Trinajstić information content (AvgIpc) is 3.44. The van der Waals surface area contributed by atoms with Crippen molar-refractivity contribution < 1.29 is 13.6 Å². The normalized spacial score (nSPS) is 26.6. The molecule has 0 radical (unpaired) electrons. The molecule has 9 nitrogen and oxygen atoms in total. The molecule has 3 aromatic heterocycles. The summed E-state index contributed by atoms with van der Waals surface area (Å²) in [4.78, 5) is 19.3. The number of aryl methyl sites for hydroxylation is 3. The van der Waals surface area contributed by atoms with Gasteiger partial charge in [0, 0.05) is 59.6 Å². The number of carbonyl (C=O) groups is 1. The van der Waals surface area contributed by atoms with Crippen LogP contribution >= 0.6 is 0 Å². The van der Waals surface area contributed by atoms with Gasteiger partial charge >= 0.3 is 6.09 Å². The summed E-state index contributed by atoms with van der Waals surface area (Å²) in [6.07, 6.45) is 8.34. The lowest BCUT2D eigenvalue weighted by Gasteiger charge is -2.53. The summed E-state index contributed by atoms with van der Waals surface area (Å²) < 4.78 is 32.4. The van der Waals surface area contributed by atoms with Gasteiger partial charge in [-0.05, 0) is 84.6 Å². The molecule has 3 aromatic rings. The molecule has 1 N–H and O–H groups in total. The molecule has 3 saturated carbocycles. The molecule has 204 valence electrons. The fraction of sp³-hybridized carbons (Fsp3) is 0.655. The van der Waals surface area contributed by atoms with E-state index in [0.717, 1.165) is 85.2 Å². The van der Waals surface area contributed by atoms with Crippen molar-refractivity contribution in [1.29, 1.82) is 0 Å². The van der Waals surface area contributed by atoms with E-state index >= 15 is 0 Å². The second-order valence-corrected chi connectivity index (χ2v) is 12.8. The number of hydrogen-bond donors (Lipinski definition) is 1. The summed E-state index contributed by atoms with van der Waals surface area (Å²) in [5.41, 5.74) is 5.30. The first-order valence-electron chi connectivity index (χ1n) is 15.3. The van der Waals surface area contributed by atoms with E-state index in [2.05, 4.69) is 31.9 Å². The van der Waals surface area contributed by atoms with Crippen molar-refractivity contribution in [3.8, 4) is 0 Å². The zero-order valence-corrected chi connectivity index (χ0v) is 23.2. The number of carbonyl (C=O) groups excluding carboxylic acids is 1. The van der Waals surface area contributed by atoms with Crippen LogP contribution < -0.4 is 10.2 Å². The first kappa shape index (κ1) is 21.8. The SMILES string of the molecule is [2H]C([2H])([2H])n1ncc2c(N3CCc4c(c(C)nn4CC45CCC(NC(=O)OC(C)(C)C)(CC4)CC5)C3)cc(C)nc21. The van der Waals surface area contributed by atoms with E-state index in [4.69, 9.17) is 13.9 Å². The van der Waals surface area contributed by atoms with E-state index in [0.29, 0.717) is 12.2 Å². The van der Waals surface area contributed by atoms with Crippen LogP contribution in [0.4, 0.5) is 10.5 Å².